The average molecular weight is 486 g/mol. The number of piperazine rings is 1. The van der Waals surface area contributed by atoms with Crippen molar-refractivity contribution < 1.29 is 31.1 Å². The minimum atomic E-state index is -4.43. The fraction of sp³-hybridized carbons (Fsp3) is 0.409. The van der Waals surface area contributed by atoms with Gasteiger partial charge in [-0.15, -0.1) is 0 Å². The lowest BCUT2D eigenvalue weighted by atomic mass is 10.1. The maximum absolute atomic E-state index is 13.0. The first-order valence-electron chi connectivity index (χ1n) is 10.3. The molecule has 0 radical (unpaired) electrons. The van der Waals surface area contributed by atoms with Gasteiger partial charge in [-0.2, -0.15) is 17.9 Å². The van der Waals surface area contributed by atoms with Gasteiger partial charge in [0, 0.05) is 31.9 Å². The number of carbonyl (C=O) groups is 1. The number of alkyl halides is 3. The molecule has 1 N–H and O–H groups in total. The highest BCUT2D eigenvalue weighted by Crippen LogP contribution is 2.32. The third-order valence-electron chi connectivity index (χ3n) is 5.51. The summed E-state index contributed by atoms with van der Waals surface area (Å²) < 4.78 is 71.9. The zero-order valence-electron chi connectivity index (χ0n) is 18.5. The first kappa shape index (κ1) is 24.8. The van der Waals surface area contributed by atoms with Gasteiger partial charge >= 0.3 is 6.18 Å². The van der Waals surface area contributed by atoms with E-state index in [0.717, 1.165) is 12.1 Å². The average Bonchev–Trinajstić information content (AvgIpc) is 2.78. The molecule has 1 fully saturated rings. The third kappa shape index (κ3) is 5.77. The van der Waals surface area contributed by atoms with Gasteiger partial charge in [-0.1, -0.05) is 6.07 Å². The number of aryl methyl sites for hydroxylation is 1. The Hall–Kier alpha value is -2.79. The van der Waals surface area contributed by atoms with Crippen molar-refractivity contribution in [1.82, 2.24) is 9.62 Å². The van der Waals surface area contributed by atoms with Gasteiger partial charge in [-0.25, -0.2) is 8.42 Å². The molecule has 2 aromatic carbocycles. The highest BCUT2D eigenvalue weighted by Gasteiger charge is 2.32. The van der Waals surface area contributed by atoms with Crippen molar-refractivity contribution >= 4 is 21.6 Å². The monoisotopic (exact) mass is 485 g/mol. The molecule has 1 amide bonds. The van der Waals surface area contributed by atoms with Gasteiger partial charge in [0.2, 0.25) is 15.9 Å². The van der Waals surface area contributed by atoms with Gasteiger partial charge in [-0.3, -0.25) is 4.79 Å². The minimum Gasteiger partial charge on any atom is -0.496 e. The number of nitrogens with one attached hydrogen (secondary N) is 1. The molecule has 1 aliphatic rings. The van der Waals surface area contributed by atoms with Crippen LogP contribution in [0.15, 0.2) is 47.4 Å². The second-order valence-corrected chi connectivity index (χ2v) is 9.55. The molecule has 3 rings (SSSR count). The molecule has 11 heteroatoms. The molecule has 1 aliphatic heterocycles. The molecule has 0 aromatic heterocycles. The quantitative estimate of drug-likeness (QED) is 0.681. The van der Waals surface area contributed by atoms with Crippen molar-refractivity contribution in [2.75, 3.05) is 38.2 Å². The normalized spacial score (nSPS) is 15.9. The molecule has 1 atom stereocenters. The van der Waals surface area contributed by atoms with Gasteiger partial charge in [-0.05, 0) is 55.8 Å². The highest BCUT2D eigenvalue weighted by molar-refractivity contribution is 7.89. The van der Waals surface area contributed by atoms with Crippen LogP contribution in [-0.4, -0.2) is 58.6 Å². The first-order valence-corrected chi connectivity index (χ1v) is 11.8. The molecular formula is C22H26F3N3O4S. The number of anilines is 1. The number of ether oxygens (including phenoxy) is 1. The van der Waals surface area contributed by atoms with E-state index in [-0.39, 0.29) is 18.0 Å². The van der Waals surface area contributed by atoms with E-state index in [9.17, 15) is 26.4 Å². The lowest BCUT2D eigenvalue weighted by Gasteiger charge is -2.37. The molecule has 7 nitrogen and oxygen atoms in total. The van der Waals surface area contributed by atoms with Crippen molar-refractivity contribution in [3.8, 4) is 5.75 Å². The van der Waals surface area contributed by atoms with E-state index in [4.69, 9.17) is 4.74 Å². The number of benzene rings is 2. The number of amides is 1. The number of rotatable bonds is 6. The lowest BCUT2D eigenvalue weighted by Crippen LogP contribution is -2.54. The van der Waals surface area contributed by atoms with Crippen LogP contribution < -0.4 is 14.4 Å². The fourth-order valence-electron chi connectivity index (χ4n) is 3.71. The number of nitrogens with zero attached hydrogens (tertiary/aromatic N) is 2. The molecule has 0 saturated carbocycles. The van der Waals surface area contributed by atoms with Crippen LogP contribution in [0.5, 0.6) is 5.75 Å². The van der Waals surface area contributed by atoms with Crippen molar-refractivity contribution in [1.29, 1.82) is 0 Å². The minimum absolute atomic E-state index is 0.0230. The fourth-order valence-corrected chi connectivity index (χ4v) is 4.99. The van der Waals surface area contributed by atoms with Crippen LogP contribution in [0.3, 0.4) is 0 Å². The zero-order valence-corrected chi connectivity index (χ0v) is 19.3. The smallest absolute Gasteiger partial charge is 0.416 e. The van der Waals surface area contributed by atoms with E-state index in [1.807, 2.05) is 0 Å². The van der Waals surface area contributed by atoms with E-state index in [0.29, 0.717) is 30.1 Å². The van der Waals surface area contributed by atoms with Crippen molar-refractivity contribution in [2.24, 2.45) is 0 Å². The second kappa shape index (κ2) is 9.60. The predicted octanol–water partition coefficient (Wildman–Crippen LogP) is 3.04. The van der Waals surface area contributed by atoms with Crippen LogP contribution in [0.2, 0.25) is 0 Å². The summed E-state index contributed by atoms with van der Waals surface area (Å²) in [7, 11) is -2.44. The summed E-state index contributed by atoms with van der Waals surface area (Å²) in [4.78, 5) is 16.1. The molecule has 0 aliphatic carbocycles. The second-order valence-electron chi connectivity index (χ2n) is 7.83. The van der Waals surface area contributed by atoms with Crippen LogP contribution in [0.4, 0.5) is 18.9 Å². The van der Waals surface area contributed by atoms with Crippen LogP contribution in [0, 0.1) is 6.92 Å². The number of carbonyl (C=O) groups excluding carboxylic acids is 1. The van der Waals surface area contributed by atoms with E-state index in [1.54, 1.807) is 24.0 Å². The molecular weight excluding hydrogens is 459 g/mol. The van der Waals surface area contributed by atoms with Gasteiger partial charge in [0.25, 0.3) is 0 Å². The standard InChI is InChI=1S/C22H26F3N3O4S/c1-15-13-19(7-8-20(15)32-3)33(30,31)26-16(2)21(29)28-11-9-27(10-12-28)18-6-4-5-17(14-18)22(23,24)25/h4-8,13-14,16,26H,9-12H2,1-3H3/t16-/m1/s1. The Morgan fingerprint density at radius 1 is 1.09 bits per heavy atom. The SMILES string of the molecule is COc1ccc(S(=O)(=O)N[C@H](C)C(=O)N2CCN(c3cccc(C(F)(F)F)c3)CC2)cc1C. The summed E-state index contributed by atoms with van der Waals surface area (Å²) in [6.45, 7) is 4.39. The first-order chi connectivity index (χ1) is 15.4. The molecule has 1 saturated heterocycles. The Labute approximate surface area is 191 Å². The van der Waals surface area contributed by atoms with Crippen LogP contribution in [0.25, 0.3) is 0 Å². The van der Waals surface area contributed by atoms with E-state index < -0.39 is 33.7 Å². The summed E-state index contributed by atoms with van der Waals surface area (Å²) in [6, 6.07) is 8.46. The predicted molar refractivity (Wildman–Crippen MR) is 118 cm³/mol. The van der Waals surface area contributed by atoms with Gasteiger partial charge < -0.3 is 14.5 Å². The van der Waals surface area contributed by atoms with Gasteiger partial charge in [0.1, 0.15) is 5.75 Å². The maximum atomic E-state index is 13.0. The Bertz CT molecular complexity index is 1110. The maximum Gasteiger partial charge on any atom is 0.416 e. The Morgan fingerprint density at radius 3 is 2.33 bits per heavy atom. The highest BCUT2D eigenvalue weighted by atomic mass is 32.2. The summed E-state index contributed by atoms with van der Waals surface area (Å²) in [5.41, 5.74) is 0.348. The van der Waals surface area contributed by atoms with E-state index >= 15 is 0 Å². The molecule has 0 bridgehead atoms. The Morgan fingerprint density at radius 2 is 1.76 bits per heavy atom. The zero-order chi connectivity index (χ0) is 24.4. The van der Waals surface area contributed by atoms with Gasteiger partial charge in [0.05, 0.1) is 23.6 Å². The number of sulfonamides is 1. The number of halogens is 3. The van der Waals surface area contributed by atoms with Gasteiger partial charge in [0.15, 0.2) is 0 Å². The third-order valence-corrected chi connectivity index (χ3v) is 7.05. The summed E-state index contributed by atoms with van der Waals surface area (Å²) in [6.07, 6.45) is -4.43. The number of hydrogen-bond donors (Lipinski definition) is 1. The largest absolute Gasteiger partial charge is 0.496 e. The molecule has 180 valence electrons. The lowest BCUT2D eigenvalue weighted by molar-refractivity contribution is -0.137. The van der Waals surface area contributed by atoms with Crippen molar-refractivity contribution in [2.45, 2.75) is 31.0 Å². The molecule has 2 aromatic rings. The molecule has 0 unspecified atom stereocenters. The topological polar surface area (TPSA) is 78.9 Å². The van der Waals surface area contributed by atoms with Crippen molar-refractivity contribution in [3.63, 3.8) is 0 Å². The number of hydrogen-bond acceptors (Lipinski definition) is 5. The molecule has 1 heterocycles. The molecule has 33 heavy (non-hydrogen) atoms. The summed E-state index contributed by atoms with van der Waals surface area (Å²) in [5.74, 6) is 0.157. The van der Waals surface area contributed by atoms with E-state index in [2.05, 4.69) is 4.72 Å². The van der Waals surface area contributed by atoms with E-state index in [1.165, 1.54) is 37.1 Å². The summed E-state index contributed by atoms with van der Waals surface area (Å²) >= 11 is 0. The Balaban J connectivity index is 1.62. The Kier molecular flexibility index (Phi) is 7.23. The number of methoxy groups -OCH3 is 1. The van der Waals surface area contributed by atoms with Crippen LogP contribution >= 0.6 is 0 Å². The van der Waals surface area contributed by atoms with Crippen LogP contribution in [-0.2, 0) is 21.0 Å². The summed E-state index contributed by atoms with van der Waals surface area (Å²) in [5, 5.41) is 0. The van der Waals surface area contributed by atoms with Crippen LogP contribution in [0.1, 0.15) is 18.1 Å². The molecule has 0 spiro atoms. The van der Waals surface area contributed by atoms with Crippen molar-refractivity contribution in [3.05, 3.63) is 53.6 Å².